The van der Waals surface area contributed by atoms with Crippen molar-refractivity contribution in [1.82, 2.24) is 20.6 Å². The first-order chi connectivity index (χ1) is 12.3. The minimum atomic E-state index is 0.808. The van der Waals surface area contributed by atoms with Gasteiger partial charge in [-0.15, -0.1) is 0 Å². The number of hydrogen-bond acceptors (Lipinski definition) is 2. The van der Waals surface area contributed by atoms with E-state index in [1.54, 1.807) is 7.05 Å². The van der Waals surface area contributed by atoms with Crippen molar-refractivity contribution in [2.45, 2.75) is 19.8 Å². The number of pyridine rings is 1. The maximum Gasteiger partial charge on any atom is 0.190 e. The molecule has 0 atom stereocenters. The maximum absolute atomic E-state index is 4.33. The van der Waals surface area contributed by atoms with Gasteiger partial charge >= 0.3 is 0 Å². The molecule has 0 bridgehead atoms. The molecule has 25 heavy (non-hydrogen) atoms. The third-order valence-corrected chi connectivity index (χ3v) is 4.31. The summed E-state index contributed by atoms with van der Waals surface area (Å²) in [6.07, 6.45) is 5.76. The van der Waals surface area contributed by atoms with Gasteiger partial charge in [0.1, 0.15) is 0 Å². The Bertz CT molecular complexity index is 836. The van der Waals surface area contributed by atoms with E-state index in [-0.39, 0.29) is 0 Å². The van der Waals surface area contributed by atoms with E-state index in [9.17, 15) is 0 Å². The van der Waals surface area contributed by atoms with Crippen molar-refractivity contribution in [1.29, 1.82) is 0 Å². The molecule has 1 aromatic carbocycles. The first kappa shape index (κ1) is 17.0. The van der Waals surface area contributed by atoms with E-state index >= 15 is 0 Å². The minimum Gasteiger partial charge on any atom is -0.361 e. The highest BCUT2D eigenvalue weighted by Gasteiger charge is 2.06. The normalized spacial score (nSPS) is 11.7. The molecular weight excluding hydrogens is 310 g/mol. The van der Waals surface area contributed by atoms with E-state index in [1.165, 1.54) is 22.0 Å². The molecule has 3 rings (SSSR count). The predicted octanol–water partition coefficient (Wildman–Crippen LogP) is 2.82. The van der Waals surface area contributed by atoms with Crippen LogP contribution in [0.3, 0.4) is 0 Å². The monoisotopic (exact) mass is 335 g/mol. The highest BCUT2D eigenvalue weighted by molar-refractivity contribution is 5.86. The van der Waals surface area contributed by atoms with E-state index in [0.717, 1.165) is 37.6 Å². The highest BCUT2D eigenvalue weighted by atomic mass is 15.2. The fourth-order valence-electron chi connectivity index (χ4n) is 3.04. The Labute approximate surface area is 148 Å². The fourth-order valence-corrected chi connectivity index (χ4v) is 3.04. The van der Waals surface area contributed by atoms with Crippen molar-refractivity contribution < 1.29 is 0 Å². The van der Waals surface area contributed by atoms with Crippen LogP contribution in [0.4, 0.5) is 0 Å². The Morgan fingerprint density at radius 2 is 1.92 bits per heavy atom. The van der Waals surface area contributed by atoms with Crippen molar-refractivity contribution in [2.24, 2.45) is 4.99 Å². The molecule has 3 aromatic rings. The zero-order valence-corrected chi connectivity index (χ0v) is 14.8. The molecule has 5 nitrogen and oxygen atoms in total. The van der Waals surface area contributed by atoms with Crippen LogP contribution in [0, 0.1) is 6.92 Å². The maximum atomic E-state index is 4.33. The highest BCUT2D eigenvalue weighted by Crippen LogP contribution is 2.22. The summed E-state index contributed by atoms with van der Waals surface area (Å²) in [6.45, 7) is 3.80. The summed E-state index contributed by atoms with van der Waals surface area (Å²) in [6, 6.07) is 12.4. The van der Waals surface area contributed by atoms with Gasteiger partial charge in [-0.3, -0.25) is 9.98 Å². The number of aromatic nitrogens is 2. The Morgan fingerprint density at radius 3 is 2.68 bits per heavy atom. The zero-order chi connectivity index (χ0) is 17.5. The lowest BCUT2D eigenvalue weighted by Gasteiger charge is -2.11. The molecule has 0 amide bonds. The van der Waals surface area contributed by atoms with Crippen molar-refractivity contribution in [3.05, 3.63) is 65.6 Å². The van der Waals surface area contributed by atoms with E-state index in [0.29, 0.717) is 0 Å². The standard InChI is InChI=1S/C20H25N5/c1-15-6-5-8-18-19(15)16(14-25-18)9-12-23-20(21-2)24-13-10-17-7-3-4-11-22-17/h3-8,11,14,25H,9-10,12-13H2,1-2H3,(H2,21,23,24). The number of H-pyrrole nitrogens is 1. The minimum absolute atomic E-state index is 0.808. The third-order valence-electron chi connectivity index (χ3n) is 4.31. The first-order valence-electron chi connectivity index (χ1n) is 8.68. The Morgan fingerprint density at radius 1 is 1.08 bits per heavy atom. The molecular formula is C20H25N5. The molecule has 0 aliphatic carbocycles. The number of rotatable bonds is 6. The van der Waals surface area contributed by atoms with Gasteiger partial charge in [0.2, 0.25) is 0 Å². The number of nitrogens with zero attached hydrogens (tertiary/aromatic N) is 2. The summed E-state index contributed by atoms with van der Waals surface area (Å²) < 4.78 is 0. The van der Waals surface area contributed by atoms with E-state index in [2.05, 4.69) is 56.9 Å². The van der Waals surface area contributed by atoms with Gasteiger partial charge in [-0.2, -0.15) is 0 Å². The van der Waals surface area contributed by atoms with Gasteiger partial charge in [-0.1, -0.05) is 18.2 Å². The number of aliphatic imine (C=N–C) groups is 1. The van der Waals surface area contributed by atoms with Gasteiger partial charge in [0.15, 0.2) is 5.96 Å². The molecule has 2 aromatic heterocycles. The van der Waals surface area contributed by atoms with Crippen LogP contribution in [0.25, 0.3) is 10.9 Å². The lowest BCUT2D eigenvalue weighted by atomic mass is 10.1. The largest absolute Gasteiger partial charge is 0.361 e. The van der Waals surface area contributed by atoms with Crippen molar-refractivity contribution in [3.63, 3.8) is 0 Å². The van der Waals surface area contributed by atoms with Gasteiger partial charge < -0.3 is 15.6 Å². The lowest BCUT2D eigenvalue weighted by Crippen LogP contribution is -2.39. The summed E-state index contributed by atoms with van der Waals surface area (Å²) in [5.74, 6) is 0.826. The van der Waals surface area contributed by atoms with Crippen LogP contribution < -0.4 is 10.6 Å². The van der Waals surface area contributed by atoms with Crippen LogP contribution in [0.15, 0.2) is 53.8 Å². The average molecular weight is 335 g/mol. The van der Waals surface area contributed by atoms with Crippen LogP contribution in [0.1, 0.15) is 16.8 Å². The molecule has 2 heterocycles. The molecule has 0 aliphatic heterocycles. The molecule has 0 radical (unpaired) electrons. The third kappa shape index (κ3) is 4.38. The summed E-state index contributed by atoms with van der Waals surface area (Å²) in [7, 11) is 1.80. The molecule has 0 aliphatic rings. The van der Waals surface area contributed by atoms with Crippen LogP contribution in [0.2, 0.25) is 0 Å². The number of guanidine groups is 1. The van der Waals surface area contributed by atoms with Crippen LogP contribution in [-0.4, -0.2) is 36.1 Å². The number of nitrogens with one attached hydrogen (secondary N) is 3. The van der Waals surface area contributed by atoms with Gasteiger partial charge in [0, 0.05) is 55.5 Å². The second-order valence-electron chi connectivity index (χ2n) is 6.06. The summed E-state index contributed by atoms with van der Waals surface area (Å²) in [5.41, 5.74) is 4.93. The summed E-state index contributed by atoms with van der Waals surface area (Å²) in [4.78, 5) is 12.0. The first-order valence-corrected chi connectivity index (χ1v) is 8.68. The second kappa shape index (κ2) is 8.33. The topological polar surface area (TPSA) is 65.1 Å². The SMILES string of the molecule is CN=C(NCCc1ccccn1)NCCc1c[nH]c2cccc(C)c12. The van der Waals surface area contributed by atoms with Crippen molar-refractivity contribution >= 4 is 16.9 Å². The number of aryl methyl sites for hydroxylation is 1. The molecule has 130 valence electrons. The van der Waals surface area contributed by atoms with E-state index < -0.39 is 0 Å². The van der Waals surface area contributed by atoms with E-state index in [4.69, 9.17) is 0 Å². The number of fused-ring (bicyclic) bond motifs is 1. The lowest BCUT2D eigenvalue weighted by molar-refractivity contribution is 0.777. The number of aromatic amines is 1. The average Bonchev–Trinajstić information content (AvgIpc) is 3.06. The second-order valence-corrected chi connectivity index (χ2v) is 6.06. The number of benzene rings is 1. The fraction of sp³-hybridized carbons (Fsp3) is 0.300. The molecule has 0 saturated heterocycles. The van der Waals surface area contributed by atoms with Crippen LogP contribution >= 0.6 is 0 Å². The smallest absolute Gasteiger partial charge is 0.190 e. The van der Waals surface area contributed by atoms with E-state index in [1.807, 2.05) is 24.4 Å². The Kier molecular flexibility index (Phi) is 5.67. The molecule has 5 heteroatoms. The quantitative estimate of drug-likeness (QED) is 0.479. The Hall–Kier alpha value is -2.82. The summed E-state index contributed by atoms with van der Waals surface area (Å²) in [5, 5.41) is 8.06. The predicted molar refractivity (Wildman–Crippen MR) is 104 cm³/mol. The molecule has 0 saturated carbocycles. The number of hydrogen-bond donors (Lipinski definition) is 3. The van der Waals surface area contributed by atoms with Crippen LogP contribution in [0.5, 0.6) is 0 Å². The van der Waals surface area contributed by atoms with Crippen molar-refractivity contribution in [3.8, 4) is 0 Å². The van der Waals surface area contributed by atoms with Gasteiger partial charge in [0.05, 0.1) is 0 Å². The molecule has 0 unspecified atom stereocenters. The molecule has 0 spiro atoms. The van der Waals surface area contributed by atoms with Gasteiger partial charge in [-0.05, 0) is 42.7 Å². The zero-order valence-electron chi connectivity index (χ0n) is 14.8. The molecule has 0 fully saturated rings. The summed E-state index contributed by atoms with van der Waals surface area (Å²) >= 11 is 0. The van der Waals surface area contributed by atoms with Gasteiger partial charge in [0.25, 0.3) is 0 Å². The van der Waals surface area contributed by atoms with Gasteiger partial charge in [-0.25, -0.2) is 0 Å². The van der Waals surface area contributed by atoms with Crippen LogP contribution in [-0.2, 0) is 12.8 Å². The Balaban J connectivity index is 1.48. The molecule has 3 N–H and O–H groups in total. The van der Waals surface area contributed by atoms with Crippen molar-refractivity contribution in [2.75, 3.05) is 20.1 Å².